The van der Waals surface area contributed by atoms with Crippen LogP contribution in [0.15, 0.2) is 36.4 Å². The van der Waals surface area contributed by atoms with Crippen molar-refractivity contribution in [1.82, 2.24) is 53.2 Å². The zero-order valence-corrected chi connectivity index (χ0v) is 95.5. The molecule has 5 aromatic carbocycles. The number of nitrogen functional groups attached to an aromatic ring is 2. The van der Waals surface area contributed by atoms with Crippen molar-refractivity contribution in [3.05, 3.63) is 134 Å². The lowest BCUT2D eigenvalue weighted by Crippen LogP contribution is -2.38. The maximum absolute atomic E-state index is 13.2. The molecular weight excluding hydrogens is 2840 g/mol. The fourth-order valence-corrected chi connectivity index (χ4v) is 23.3. The van der Waals surface area contributed by atoms with Crippen LogP contribution in [0.4, 0.5) is 28.4 Å². The number of aliphatic hydroxyl groups is 12. The smallest absolute Gasteiger partial charge is 0.303 e. The van der Waals surface area contributed by atoms with Crippen molar-refractivity contribution < 1.29 is 143 Å². The Bertz CT molecular complexity index is 4880. The minimum atomic E-state index is -1.17. The Morgan fingerprint density at radius 3 is 0.812 bits per heavy atom. The molecule has 0 bridgehead atoms. The summed E-state index contributed by atoms with van der Waals surface area (Å²) in [5.74, 6) is -6.85. The van der Waals surface area contributed by atoms with Crippen LogP contribution >= 0.6 is 203 Å². The van der Waals surface area contributed by atoms with E-state index in [0.717, 1.165) is 18.6 Å². The first kappa shape index (κ1) is 130. The highest BCUT2D eigenvalue weighted by molar-refractivity contribution is 14.1. The molecule has 5 rings (SSSR count). The fraction of sp³-hybridized carbons (Fsp3) is 0.476. The Morgan fingerprint density at radius 1 is 0.341 bits per heavy atom. The number of rotatable bonds is 45. The second kappa shape index (κ2) is 67.4. The fourth-order valence-electron chi connectivity index (χ4n) is 10.3. The summed E-state index contributed by atoms with van der Waals surface area (Å²) in [4.78, 5) is 181. The van der Waals surface area contributed by atoms with E-state index in [0.29, 0.717) is 81.4 Å². The number of non-ortho nitro benzene ring substituents is 1. The van der Waals surface area contributed by atoms with Crippen LogP contribution in [0.5, 0.6) is 0 Å². The summed E-state index contributed by atoms with van der Waals surface area (Å²) in [6.07, 6.45) is -5.24. The van der Waals surface area contributed by atoms with Crippen LogP contribution in [0.25, 0.3) is 0 Å². The van der Waals surface area contributed by atoms with Crippen molar-refractivity contribution in [3.8, 4) is 0 Å². The maximum atomic E-state index is 13.2. The van der Waals surface area contributed by atoms with Crippen LogP contribution in [-0.4, -0.2) is 302 Å². The third-order valence-corrected chi connectivity index (χ3v) is 28.2. The summed E-state index contributed by atoms with van der Waals surface area (Å²) in [5.41, 5.74) is 14.0. The van der Waals surface area contributed by atoms with E-state index in [1.54, 1.807) is 27.7 Å². The molecule has 0 aliphatic rings. The highest BCUT2D eigenvalue weighted by Crippen LogP contribution is 2.39. The Labute approximate surface area is 917 Å². The number of nitro groups is 1. The minimum Gasteiger partial charge on any atom is -0.462 e. The molecule has 0 radical (unpaired) electrons. The molecule has 10 atom stereocenters. The molecule has 0 spiro atoms. The summed E-state index contributed by atoms with van der Waals surface area (Å²) >= 11 is 17.4. The van der Waals surface area contributed by atoms with E-state index >= 15 is 0 Å². The van der Waals surface area contributed by atoms with Gasteiger partial charge in [0.15, 0.2) is 6.10 Å². The van der Waals surface area contributed by atoms with Gasteiger partial charge in [0.05, 0.1) is 159 Å². The molecule has 768 valence electrons. The largest absolute Gasteiger partial charge is 0.462 e. The van der Waals surface area contributed by atoms with E-state index in [-0.39, 0.29) is 150 Å². The number of halogens is 9. The minimum absolute atomic E-state index is 0.0255. The molecule has 54 heteroatoms. The zero-order chi connectivity index (χ0) is 106. The Hall–Kier alpha value is -6.23. The van der Waals surface area contributed by atoms with E-state index in [4.69, 9.17) is 41.4 Å². The average Bonchev–Trinajstić information content (AvgIpc) is 0.776. The second-order valence-corrected chi connectivity index (χ2v) is 39.4. The van der Waals surface area contributed by atoms with E-state index in [1.165, 1.54) is 52.0 Å². The number of benzene rings is 5. The van der Waals surface area contributed by atoms with E-state index in [9.17, 15) is 118 Å². The number of carbonyl (C=O) groups is 14. The first-order valence-electron chi connectivity index (χ1n) is 41.8. The average molecular weight is 2960 g/mol. The summed E-state index contributed by atoms with van der Waals surface area (Å²) < 4.78 is 14.1. The first-order valence-corrected chi connectivity index (χ1v) is 51.5. The van der Waals surface area contributed by atoms with Crippen LogP contribution < -0.4 is 75.3 Å². The van der Waals surface area contributed by atoms with E-state index < -0.39 is 157 Å². The number of hydrogen-bond acceptors (Lipinski definition) is 32. The van der Waals surface area contributed by atoms with Crippen molar-refractivity contribution in [2.45, 2.75) is 156 Å². The molecule has 0 saturated heterocycles. The number of nitrogens with zero attached hydrogens (tertiary/aromatic N) is 1. The predicted molar refractivity (Wildman–Crippen MR) is 583 cm³/mol. The van der Waals surface area contributed by atoms with Crippen LogP contribution in [0.3, 0.4) is 0 Å². The summed E-state index contributed by atoms with van der Waals surface area (Å²) in [7, 11) is 0. The zero-order valence-electron chi connectivity index (χ0n) is 76.1. The molecular formula is C84H114I9N15O30. The highest BCUT2D eigenvalue weighted by Gasteiger charge is 2.34. The van der Waals surface area contributed by atoms with Crippen LogP contribution in [-0.2, 0) is 28.7 Å². The lowest BCUT2D eigenvalue weighted by Gasteiger charge is -2.21. The number of amides is 12. The molecule has 138 heavy (non-hydrogen) atoms. The molecule has 0 saturated carbocycles. The monoisotopic (exact) mass is 2950 g/mol. The SMILES string of the molecule is CCC(C)CNC(=O)c1c(I)c(NC(C)=O)c(I)c(C(=O)NCC(COC(C)=O)OC(C)=O)c1I.CCC(O)CNC(=O)c1c(I)c(N)c(I)c(C(=O)NCC(O)CO)c1I.CCC(O)CNC(=O)c1c(I)c(NC(C)=O)c(I)c(C(=O)NCC(O)CO)c1I.CCC(O)CNC(=O)c1cc(C(=O)NCC(O)CO)cc([N+](=O)[O-])c1.CCC(O)CNC(=O)c1cc(N)cc(C(=O)NCC(O)CO)c1. The van der Waals surface area contributed by atoms with Crippen molar-refractivity contribution >= 4 is 315 Å². The number of hydrogen-bond donors (Lipinski definition) is 26. The second-order valence-electron chi connectivity index (χ2n) is 29.7. The molecule has 0 aliphatic carbocycles. The Morgan fingerprint density at radius 2 is 0.580 bits per heavy atom. The van der Waals surface area contributed by atoms with Crippen LogP contribution in [0.1, 0.15) is 205 Å². The van der Waals surface area contributed by atoms with Gasteiger partial charge in [-0.2, -0.15) is 0 Å². The normalized spacial score (nSPS) is 12.8. The molecule has 12 amide bonds. The Balaban J connectivity index is 0.000000869. The maximum Gasteiger partial charge on any atom is 0.303 e. The molecule has 28 N–H and O–H groups in total. The summed E-state index contributed by atoms with van der Waals surface area (Å²) in [6.45, 7) is 13.9. The number of aliphatic hydroxyl groups excluding tert-OH is 12. The number of nitrogens with two attached hydrogens (primary N) is 2. The van der Waals surface area contributed by atoms with Gasteiger partial charge in [0.2, 0.25) is 11.8 Å². The van der Waals surface area contributed by atoms with Crippen molar-refractivity contribution in [2.75, 3.05) is 121 Å². The van der Waals surface area contributed by atoms with Crippen LogP contribution in [0, 0.1) is 48.2 Å². The number of nitrogens with one attached hydrogen (secondary N) is 12. The van der Waals surface area contributed by atoms with Gasteiger partial charge in [0, 0.05) is 137 Å². The highest BCUT2D eigenvalue weighted by atomic mass is 127. The molecule has 0 aliphatic heterocycles. The van der Waals surface area contributed by atoms with Crippen molar-refractivity contribution in [3.63, 3.8) is 0 Å². The van der Waals surface area contributed by atoms with Gasteiger partial charge in [0.1, 0.15) is 6.61 Å². The van der Waals surface area contributed by atoms with Gasteiger partial charge in [-0.3, -0.25) is 77.2 Å². The molecule has 0 heterocycles. The van der Waals surface area contributed by atoms with E-state index in [2.05, 4.69) is 63.8 Å². The van der Waals surface area contributed by atoms with Gasteiger partial charge in [-0.25, -0.2) is 0 Å². The topological polar surface area (TPSA) is 740 Å². The Kier molecular flexibility index (Phi) is 63.4. The van der Waals surface area contributed by atoms with Gasteiger partial charge < -0.3 is 146 Å². The van der Waals surface area contributed by atoms with E-state index in [1.807, 2.05) is 217 Å². The molecule has 5 aromatic rings. The summed E-state index contributed by atoms with van der Waals surface area (Å²) in [6, 6.07) is 7.38. The van der Waals surface area contributed by atoms with Gasteiger partial charge >= 0.3 is 11.9 Å². The van der Waals surface area contributed by atoms with Crippen molar-refractivity contribution in [1.29, 1.82) is 0 Å². The third kappa shape index (κ3) is 45.0. The lowest BCUT2D eigenvalue weighted by molar-refractivity contribution is -0.384. The quantitative estimate of drug-likeness (QED) is 0.00874. The molecule has 45 nitrogen and oxygen atoms in total. The number of anilines is 4. The van der Waals surface area contributed by atoms with Gasteiger partial charge in [-0.05, 0) is 259 Å². The number of esters is 2. The van der Waals surface area contributed by atoms with Crippen LogP contribution in [0.2, 0.25) is 0 Å². The first-order chi connectivity index (χ1) is 64.6. The number of ether oxygens (including phenoxy) is 2. The van der Waals surface area contributed by atoms with Gasteiger partial charge in [-0.1, -0.05) is 48.0 Å². The number of nitro benzene ring substituents is 1. The molecule has 0 aromatic heterocycles. The lowest BCUT2D eigenvalue weighted by atomic mass is 10.1. The third-order valence-electron chi connectivity index (χ3n) is 18.4. The van der Waals surface area contributed by atoms with Gasteiger partial charge in [-0.15, -0.1) is 0 Å². The summed E-state index contributed by atoms with van der Waals surface area (Å²) in [5, 5.41) is 153. The standard InChI is InChI=1S/C22H28I3N3O7.C17H22I3N3O6.C15H20I3N3O5.C15H21N3O7.C15H23N3O5/c1-6-10(2)7-26-21(32)15-17(23)16(19(25)20(18(15)24)28-11(3)29)22(33)27-8-14(35-13(5)31)9-34-12(4)30;1-3-8(26)4-21-16(28)10-12(18)11(17(29)22-5-9(27)6-24)14(20)15(13(10)19)23-7(2)25;1-2-6(23)3-20-14(25)8-10(16)9(12(18)13(19)11(8)17)15(26)21-4-7(24)5-22;1-2-12(20)6-16-14(22)9-3-10(5-11(4-9)18(24)25)15(23)17-7-13(21)8-19;1-2-12(20)6-17-14(22)9-3-10(5-11(16)4-9)15(23)18-7-13(21)8-19/h10,14H,6-9H2,1-5H3,(H,26,32)(H,27,33)(H,28,29);8-9,24,26-27H,3-6H2,1-2H3,(H,21,28)(H,22,29)(H,23,25);6-7,22-24H,2-5,19H2,1H3,(H,20,25)(H,21,26);3-5,12-13,19-21H,2,6-8H2,1H3,(H,16,22)(H,17,23);3-5,12-13,19-21H,2,6-8,16H2,1H3,(H,17,22)(H,18,23). The predicted octanol–water partition coefficient (Wildman–Crippen LogP) is 3.20. The molecule has 10 unspecified atom stereocenters. The number of carbonyl (C=O) groups excluding carboxylic acids is 14. The van der Waals surface area contributed by atoms with Crippen molar-refractivity contribution in [2.24, 2.45) is 5.92 Å². The van der Waals surface area contributed by atoms with Gasteiger partial charge in [0.25, 0.3) is 64.8 Å². The molecule has 0 fully saturated rings.